The average Bonchev–Trinajstić information content (AvgIpc) is 3.36. The van der Waals surface area contributed by atoms with Gasteiger partial charge in [-0.15, -0.1) is 0 Å². The second kappa shape index (κ2) is 6.79. The van der Waals surface area contributed by atoms with Crippen LogP contribution in [0.25, 0.3) is 5.52 Å². The van der Waals surface area contributed by atoms with Gasteiger partial charge >= 0.3 is 0 Å². The van der Waals surface area contributed by atoms with E-state index in [-0.39, 0.29) is 5.91 Å². The van der Waals surface area contributed by atoms with E-state index in [1.807, 2.05) is 24.4 Å². The first-order valence-corrected chi connectivity index (χ1v) is 9.59. The van der Waals surface area contributed by atoms with Crippen molar-refractivity contribution in [2.24, 2.45) is 11.8 Å². The minimum Gasteiger partial charge on any atom is -0.337 e. The fourth-order valence-corrected chi connectivity index (χ4v) is 4.01. The van der Waals surface area contributed by atoms with Gasteiger partial charge in [0.05, 0.1) is 17.3 Å². The molecule has 3 heterocycles. The maximum Gasteiger partial charge on any atom is 0.257 e. The lowest BCUT2D eigenvalue weighted by molar-refractivity contribution is 0.0706. The maximum absolute atomic E-state index is 13.2. The smallest absolute Gasteiger partial charge is 0.257 e. The Kier molecular flexibility index (Phi) is 4.50. The molecule has 25 heavy (non-hydrogen) atoms. The molecule has 1 amide bonds. The lowest BCUT2D eigenvalue weighted by Crippen LogP contribution is -2.46. The summed E-state index contributed by atoms with van der Waals surface area (Å²) in [7, 11) is 0. The van der Waals surface area contributed by atoms with Crippen LogP contribution in [0.5, 0.6) is 0 Å². The zero-order chi connectivity index (χ0) is 17.4. The predicted octanol–water partition coefficient (Wildman–Crippen LogP) is 2.92. The molecule has 1 saturated heterocycles. The fraction of sp³-hybridized carbons (Fsp3) is 0.600. The highest BCUT2D eigenvalue weighted by Crippen LogP contribution is 2.32. The zero-order valence-corrected chi connectivity index (χ0v) is 15.3. The number of pyridine rings is 1. The predicted molar refractivity (Wildman–Crippen MR) is 98.6 cm³/mol. The number of nitrogens with zero attached hydrogens (tertiary/aromatic N) is 4. The zero-order valence-electron chi connectivity index (χ0n) is 15.3. The first kappa shape index (κ1) is 16.6. The number of aromatic nitrogens is 2. The third-order valence-corrected chi connectivity index (χ3v) is 5.65. The molecule has 0 N–H and O–H groups in total. The van der Waals surface area contributed by atoms with Crippen molar-refractivity contribution in [3.8, 4) is 0 Å². The van der Waals surface area contributed by atoms with Crippen LogP contribution in [0, 0.1) is 11.8 Å². The number of rotatable bonds is 4. The minimum absolute atomic E-state index is 0.125. The van der Waals surface area contributed by atoms with E-state index in [2.05, 4.69) is 28.7 Å². The summed E-state index contributed by atoms with van der Waals surface area (Å²) in [4.78, 5) is 17.9. The summed E-state index contributed by atoms with van der Waals surface area (Å²) in [5.74, 6) is 1.57. The molecule has 0 unspecified atom stereocenters. The van der Waals surface area contributed by atoms with E-state index in [1.54, 1.807) is 10.7 Å². The summed E-state index contributed by atoms with van der Waals surface area (Å²) in [6, 6.07) is 6.32. The van der Waals surface area contributed by atoms with Crippen molar-refractivity contribution >= 4 is 11.4 Å². The van der Waals surface area contributed by atoms with Crippen LogP contribution in [-0.2, 0) is 0 Å². The van der Waals surface area contributed by atoms with Gasteiger partial charge in [-0.2, -0.15) is 5.10 Å². The van der Waals surface area contributed by atoms with E-state index >= 15 is 0 Å². The number of hydrogen-bond donors (Lipinski definition) is 0. The van der Waals surface area contributed by atoms with Gasteiger partial charge < -0.3 is 4.90 Å². The van der Waals surface area contributed by atoms with Gasteiger partial charge in [0.15, 0.2) is 0 Å². The van der Waals surface area contributed by atoms with Gasteiger partial charge in [0, 0.05) is 38.4 Å². The SMILES string of the molecule is CC(C)[C@H]1CN(C(=O)c2cnn3ccccc23)CCCN1CC1CC1. The molecule has 2 aromatic rings. The van der Waals surface area contributed by atoms with Crippen molar-refractivity contribution in [2.45, 2.75) is 39.2 Å². The molecule has 5 nitrogen and oxygen atoms in total. The van der Waals surface area contributed by atoms with Gasteiger partial charge in [0.1, 0.15) is 0 Å². The Bertz CT molecular complexity index is 749. The topological polar surface area (TPSA) is 40.9 Å². The van der Waals surface area contributed by atoms with Crippen molar-refractivity contribution in [3.05, 3.63) is 36.2 Å². The number of fused-ring (bicyclic) bond motifs is 1. The molecule has 0 spiro atoms. The van der Waals surface area contributed by atoms with Gasteiger partial charge in [0.2, 0.25) is 0 Å². The Morgan fingerprint density at radius 3 is 2.88 bits per heavy atom. The highest BCUT2D eigenvalue weighted by atomic mass is 16.2. The summed E-state index contributed by atoms with van der Waals surface area (Å²) < 4.78 is 1.78. The molecule has 1 aliphatic carbocycles. The fourth-order valence-electron chi connectivity index (χ4n) is 4.01. The van der Waals surface area contributed by atoms with Crippen LogP contribution in [0.2, 0.25) is 0 Å². The van der Waals surface area contributed by atoms with Crippen molar-refractivity contribution in [1.29, 1.82) is 0 Å². The van der Waals surface area contributed by atoms with Crippen molar-refractivity contribution in [2.75, 3.05) is 26.2 Å². The largest absolute Gasteiger partial charge is 0.337 e. The van der Waals surface area contributed by atoms with Gasteiger partial charge in [-0.1, -0.05) is 19.9 Å². The van der Waals surface area contributed by atoms with Gasteiger partial charge in [0.25, 0.3) is 5.91 Å². The second-order valence-electron chi connectivity index (χ2n) is 7.94. The molecule has 4 rings (SSSR count). The van der Waals surface area contributed by atoms with Crippen molar-refractivity contribution < 1.29 is 4.79 Å². The first-order valence-electron chi connectivity index (χ1n) is 9.59. The highest BCUT2D eigenvalue weighted by molar-refractivity contribution is 6.00. The number of carbonyl (C=O) groups is 1. The van der Waals surface area contributed by atoms with E-state index in [0.29, 0.717) is 12.0 Å². The molecule has 2 aliphatic rings. The molecule has 2 aromatic heterocycles. The van der Waals surface area contributed by atoms with Crippen LogP contribution in [0.4, 0.5) is 0 Å². The molecule has 1 saturated carbocycles. The van der Waals surface area contributed by atoms with Crippen molar-refractivity contribution in [1.82, 2.24) is 19.4 Å². The van der Waals surface area contributed by atoms with E-state index in [1.165, 1.54) is 19.4 Å². The summed E-state index contributed by atoms with van der Waals surface area (Å²) in [6.07, 6.45) is 7.43. The molecular weight excluding hydrogens is 312 g/mol. The normalized spacial score (nSPS) is 22.5. The average molecular weight is 340 g/mol. The van der Waals surface area contributed by atoms with Gasteiger partial charge in [-0.3, -0.25) is 9.69 Å². The Morgan fingerprint density at radius 1 is 1.28 bits per heavy atom. The summed E-state index contributed by atoms with van der Waals surface area (Å²) >= 11 is 0. The summed E-state index contributed by atoms with van der Waals surface area (Å²) in [5, 5.41) is 4.33. The maximum atomic E-state index is 13.2. The number of carbonyl (C=O) groups excluding carboxylic acids is 1. The van der Waals surface area contributed by atoms with E-state index in [4.69, 9.17) is 0 Å². The lowest BCUT2D eigenvalue weighted by Gasteiger charge is -2.34. The Morgan fingerprint density at radius 2 is 2.12 bits per heavy atom. The van der Waals surface area contributed by atoms with Gasteiger partial charge in [-0.25, -0.2) is 4.52 Å². The lowest BCUT2D eigenvalue weighted by atomic mass is 10.0. The first-order chi connectivity index (χ1) is 12.1. The number of amides is 1. The van der Waals surface area contributed by atoms with Crippen molar-refractivity contribution in [3.63, 3.8) is 0 Å². The molecule has 1 atom stereocenters. The monoisotopic (exact) mass is 340 g/mol. The third kappa shape index (κ3) is 3.43. The Balaban J connectivity index is 1.55. The molecular formula is C20H28N4O. The highest BCUT2D eigenvalue weighted by Gasteiger charge is 2.33. The minimum atomic E-state index is 0.125. The molecule has 134 valence electrons. The van der Waals surface area contributed by atoms with Crippen LogP contribution in [0.3, 0.4) is 0 Å². The Labute approximate surface area is 149 Å². The summed E-state index contributed by atoms with van der Waals surface area (Å²) in [5.41, 5.74) is 1.62. The van der Waals surface area contributed by atoms with E-state index in [9.17, 15) is 4.79 Å². The van der Waals surface area contributed by atoms with Crippen LogP contribution >= 0.6 is 0 Å². The van der Waals surface area contributed by atoms with Crippen LogP contribution in [0.1, 0.15) is 43.5 Å². The standard InChI is InChI=1S/C20H28N4O/c1-15(2)19-14-23(10-5-9-22(19)13-16-7-8-16)20(25)17-12-21-24-11-4-3-6-18(17)24/h3-4,6,11-12,15-16,19H,5,7-10,13-14H2,1-2H3/t19-/m1/s1. The van der Waals surface area contributed by atoms with E-state index in [0.717, 1.165) is 43.1 Å². The molecule has 0 bridgehead atoms. The molecule has 1 aliphatic heterocycles. The molecule has 0 radical (unpaired) electrons. The quantitative estimate of drug-likeness (QED) is 0.859. The van der Waals surface area contributed by atoms with E-state index < -0.39 is 0 Å². The Hall–Kier alpha value is -1.88. The van der Waals surface area contributed by atoms with Crippen LogP contribution in [-0.4, -0.2) is 57.5 Å². The van der Waals surface area contributed by atoms with Crippen LogP contribution in [0.15, 0.2) is 30.6 Å². The molecule has 0 aromatic carbocycles. The van der Waals surface area contributed by atoms with Gasteiger partial charge in [-0.05, 0) is 43.2 Å². The third-order valence-electron chi connectivity index (χ3n) is 5.65. The molecule has 2 fully saturated rings. The number of hydrogen-bond acceptors (Lipinski definition) is 3. The molecule has 5 heteroatoms. The second-order valence-corrected chi connectivity index (χ2v) is 7.94. The summed E-state index contributed by atoms with van der Waals surface area (Å²) in [6.45, 7) is 8.56. The van der Waals surface area contributed by atoms with Crippen LogP contribution < -0.4 is 0 Å².